The highest BCUT2D eigenvalue weighted by Crippen LogP contribution is 2.25. The number of aryl methyl sites for hydroxylation is 1. The van der Waals surface area contributed by atoms with E-state index in [2.05, 4.69) is 5.10 Å². The summed E-state index contributed by atoms with van der Waals surface area (Å²) in [5, 5.41) is 12.5. The van der Waals surface area contributed by atoms with Crippen LogP contribution >= 0.6 is 10.7 Å². The molecule has 0 fully saturated rings. The lowest BCUT2D eigenvalue weighted by atomic mass is 10.3. The molecular weight excluding hydrogens is 293 g/mol. The van der Waals surface area contributed by atoms with Crippen LogP contribution in [0.15, 0.2) is 29.3 Å². The lowest BCUT2D eigenvalue weighted by Gasteiger charge is -2.04. The summed E-state index contributed by atoms with van der Waals surface area (Å²) < 4.78 is 37.0. The molecule has 0 bridgehead atoms. The quantitative estimate of drug-likeness (QED) is 0.796. The smallest absolute Gasteiger partial charge is 0.219 e. The molecule has 1 aromatic heterocycles. The first-order chi connectivity index (χ1) is 8.84. The maximum Gasteiger partial charge on any atom is 0.280 e. The molecule has 0 radical (unpaired) electrons. The van der Waals surface area contributed by atoms with E-state index in [1.165, 1.54) is 19.1 Å². The van der Waals surface area contributed by atoms with Gasteiger partial charge < -0.3 is 0 Å². The summed E-state index contributed by atoms with van der Waals surface area (Å²) in [6.45, 7) is 1.49. The van der Waals surface area contributed by atoms with Crippen LogP contribution in [0.4, 0.5) is 4.39 Å². The molecule has 0 aliphatic carbocycles. The summed E-state index contributed by atoms with van der Waals surface area (Å²) in [6, 6.07) is 6.75. The molecule has 0 N–H and O–H groups in total. The third kappa shape index (κ3) is 2.45. The first-order valence-electron chi connectivity index (χ1n) is 5.05. The van der Waals surface area contributed by atoms with Gasteiger partial charge in [0.1, 0.15) is 17.4 Å². The van der Waals surface area contributed by atoms with E-state index in [-0.39, 0.29) is 11.3 Å². The lowest BCUT2D eigenvalue weighted by Crippen LogP contribution is -2.06. The second-order valence-corrected chi connectivity index (χ2v) is 6.18. The first kappa shape index (κ1) is 13.5. The van der Waals surface area contributed by atoms with Crippen molar-refractivity contribution in [3.8, 4) is 11.8 Å². The number of nitriles is 1. The number of aromatic nitrogens is 2. The van der Waals surface area contributed by atoms with Crippen LogP contribution in [0.3, 0.4) is 0 Å². The van der Waals surface area contributed by atoms with Crippen molar-refractivity contribution in [1.29, 1.82) is 5.26 Å². The van der Waals surface area contributed by atoms with E-state index in [1.807, 2.05) is 0 Å². The topological polar surface area (TPSA) is 75.8 Å². The molecule has 1 aromatic carbocycles. The van der Waals surface area contributed by atoms with Gasteiger partial charge >= 0.3 is 0 Å². The fourth-order valence-corrected chi connectivity index (χ4v) is 2.83. The minimum absolute atomic E-state index is 0.126. The van der Waals surface area contributed by atoms with Crippen LogP contribution in [0.5, 0.6) is 0 Å². The van der Waals surface area contributed by atoms with E-state index in [9.17, 15) is 12.8 Å². The van der Waals surface area contributed by atoms with E-state index >= 15 is 0 Å². The Kier molecular flexibility index (Phi) is 3.30. The molecule has 19 heavy (non-hydrogen) atoms. The van der Waals surface area contributed by atoms with Gasteiger partial charge in [0.15, 0.2) is 5.03 Å². The zero-order valence-electron chi connectivity index (χ0n) is 9.63. The molecule has 98 valence electrons. The van der Waals surface area contributed by atoms with Gasteiger partial charge in [-0.2, -0.15) is 10.4 Å². The van der Waals surface area contributed by atoms with Gasteiger partial charge in [-0.25, -0.2) is 17.5 Å². The van der Waals surface area contributed by atoms with Crippen molar-refractivity contribution in [3.63, 3.8) is 0 Å². The summed E-state index contributed by atoms with van der Waals surface area (Å²) in [6.07, 6.45) is 0. The number of hydrogen-bond acceptors (Lipinski definition) is 4. The second-order valence-electron chi connectivity index (χ2n) is 3.70. The van der Waals surface area contributed by atoms with Gasteiger partial charge in [0, 0.05) is 10.7 Å². The van der Waals surface area contributed by atoms with Crippen LogP contribution in [0, 0.1) is 24.1 Å². The van der Waals surface area contributed by atoms with Gasteiger partial charge in [0.25, 0.3) is 9.05 Å². The highest BCUT2D eigenvalue weighted by molar-refractivity contribution is 8.13. The normalized spacial score (nSPS) is 11.3. The highest BCUT2D eigenvalue weighted by atomic mass is 35.7. The van der Waals surface area contributed by atoms with Crippen LogP contribution in [-0.2, 0) is 9.05 Å². The zero-order chi connectivity index (χ0) is 14.2. The monoisotopic (exact) mass is 299 g/mol. The second kappa shape index (κ2) is 4.64. The summed E-state index contributed by atoms with van der Waals surface area (Å²) in [5.74, 6) is -0.469. The van der Waals surface area contributed by atoms with Gasteiger partial charge in [-0.3, -0.25) is 0 Å². The van der Waals surface area contributed by atoms with Crippen molar-refractivity contribution in [2.75, 3.05) is 0 Å². The summed E-state index contributed by atoms with van der Waals surface area (Å²) in [4.78, 5) is 0. The van der Waals surface area contributed by atoms with E-state index in [0.29, 0.717) is 5.69 Å². The largest absolute Gasteiger partial charge is 0.280 e. The Labute approximate surface area is 113 Å². The third-order valence-electron chi connectivity index (χ3n) is 2.43. The average Bonchev–Trinajstić information content (AvgIpc) is 2.66. The van der Waals surface area contributed by atoms with E-state index in [1.54, 1.807) is 6.07 Å². The van der Waals surface area contributed by atoms with Gasteiger partial charge in [0.2, 0.25) is 0 Å². The van der Waals surface area contributed by atoms with Crippen molar-refractivity contribution in [2.24, 2.45) is 0 Å². The number of halogens is 2. The Balaban J connectivity index is 2.79. The number of benzene rings is 1. The molecule has 0 unspecified atom stereocenters. The Morgan fingerprint density at radius 3 is 2.42 bits per heavy atom. The predicted octanol–water partition coefficient (Wildman–Crippen LogP) is 2.12. The Bertz CT molecular complexity index is 776. The van der Waals surface area contributed by atoms with Crippen LogP contribution in [0.1, 0.15) is 11.3 Å². The van der Waals surface area contributed by atoms with Crippen molar-refractivity contribution >= 4 is 19.7 Å². The van der Waals surface area contributed by atoms with Crippen LogP contribution < -0.4 is 0 Å². The van der Waals surface area contributed by atoms with E-state index < -0.39 is 19.9 Å². The standard InChI is InChI=1S/C11H7ClFN3O2S/c1-7-10(6-14)11(19(12,17)18)16(15-7)9-4-2-8(13)3-5-9/h2-5H,1H3. The molecule has 2 rings (SSSR count). The van der Waals surface area contributed by atoms with Crippen molar-refractivity contribution in [3.05, 3.63) is 41.3 Å². The molecule has 5 nitrogen and oxygen atoms in total. The van der Waals surface area contributed by atoms with Gasteiger partial charge in [0.05, 0.1) is 11.4 Å². The van der Waals surface area contributed by atoms with Crippen molar-refractivity contribution < 1.29 is 12.8 Å². The molecule has 0 aliphatic rings. The predicted molar refractivity (Wildman–Crippen MR) is 66.0 cm³/mol. The Morgan fingerprint density at radius 1 is 1.37 bits per heavy atom. The fourth-order valence-electron chi connectivity index (χ4n) is 1.62. The minimum Gasteiger partial charge on any atom is -0.219 e. The molecule has 0 saturated heterocycles. The summed E-state index contributed by atoms with van der Waals surface area (Å²) in [7, 11) is 1.17. The van der Waals surface area contributed by atoms with E-state index in [4.69, 9.17) is 15.9 Å². The van der Waals surface area contributed by atoms with Crippen molar-refractivity contribution in [2.45, 2.75) is 11.9 Å². The van der Waals surface area contributed by atoms with Crippen LogP contribution in [0.2, 0.25) is 0 Å². The van der Waals surface area contributed by atoms with Gasteiger partial charge in [-0.15, -0.1) is 0 Å². The molecule has 1 heterocycles. The Hall–Kier alpha value is -1.91. The summed E-state index contributed by atoms with van der Waals surface area (Å²) >= 11 is 0. The molecule has 8 heteroatoms. The van der Waals surface area contributed by atoms with Crippen LogP contribution in [0.25, 0.3) is 5.69 Å². The molecule has 0 atom stereocenters. The molecule has 0 aliphatic heterocycles. The molecule has 0 spiro atoms. The zero-order valence-corrected chi connectivity index (χ0v) is 11.2. The lowest BCUT2D eigenvalue weighted by molar-refractivity contribution is 0.599. The molecule has 0 amide bonds. The maximum atomic E-state index is 12.9. The average molecular weight is 300 g/mol. The first-order valence-corrected chi connectivity index (χ1v) is 7.36. The minimum atomic E-state index is -4.16. The number of nitrogens with zero attached hydrogens (tertiary/aromatic N) is 3. The fraction of sp³-hybridized carbons (Fsp3) is 0.0909. The van der Waals surface area contributed by atoms with Crippen molar-refractivity contribution in [1.82, 2.24) is 9.78 Å². The SMILES string of the molecule is Cc1nn(-c2ccc(F)cc2)c(S(=O)(=O)Cl)c1C#N. The van der Waals surface area contributed by atoms with Gasteiger partial charge in [-0.1, -0.05) is 0 Å². The maximum absolute atomic E-state index is 12.9. The molecule has 0 saturated carbocycles. The molecule has 2 aromatic rings. The Morgan fingerprint density at radius 2 is 1.95 bits per heavy atom. The van der Waals surface area contributed by atoms with Gasteiger partial charge in [-0.05, 0) is 31.2 Å². The number of hydrogen-bond donors (Lipinski definition) is 0. The van der Waals surface area contributed by atoms with E-state index in [0.717, 1.165) is 16.8 Å². The third-order valence-corrected chi connectivity index (χ3v) is 3.71. The summed E-state index contributed by atoms with van der Waals surface area (Å²) in [5.41, 5.74) is 0.399. The number of rotatable bonds is 2. The van der Waals surface area contributed by atoms with Crippen LogP contribution in [-0.4, -0.2) is 18.2 Å². The molecular formula is C11H7ClFN3O2S. The highest BCUT2D eigenvalue weighted by Gasteiger charge is 2.26.